The molecule has 0 saturated carbocycles. The SMILES string of the molecule is CC(CC(F)(F)F)NC(=O)C(C#N)Cc1ccccc1. The summed E-state index contributed by atoms with van der Waals surface area (Å²) >= 11 is 0. The number of alkyl halides is 3. The van der Waals surface area contributed by atoms with Crippen LogP contribution in [0.5, 0.6) is 0 Å². The number of nitrogens with zero attached hydrogens (tertiary/aromatic N) is 1. The molecule has 1 aromatic carbocycles. The maximum Gasteiger partial charge on any atom is 0.391 e. The van der Waals surface area contributed by atoms with Crippen molar-refractivity contribution in [3.05, 3.63) is 35.9 Å². The van der Waals surface area contributed by atoms with Gasteiger partial charge in [-0.15, -0.1) is 0 Å². The average Bonchev–Trinajstić information content (AvgIpc) is 2.34. The van der Waals surface area contributed by atoms with Crippen LogP contribution in [0.1, 0.15) is 18.9 Å². The number of hydrogen-bond acceptors (Lipinski definition) is 2. The van der Waals surface area contributed by atoms with E-state index in [0.29, 0.717) is 0 Å². The Kier molecular flexibility index (Phi) is 5.56. The molecule has 3 nitrogen and oxygen atoms in total. The van der Waals surface area contributed by atoms with Crippen LogP contribution in [0.3, 0.4) is 0 Å². The van der Waals surface area contributed by atoms with E-state index in [1.807, 2.05) is 6.07 Å². The topological polar surface area (TPSA) is 52.9 Å². The summed E-state index contributed by atoms with van der Waals surface area (Å²) in [6, 6.07) is 9.64. The van der Waals surface area contributed by atoms with E-state index in [1.54, 1.807) is 30.3 Å². The standard InChI is InChI=1S/C14H15F3N2O/c1-10(8-14(15,16)17)19-13(20)12(9-18)7-11-5-3-2-4-6-11/h2-6,10,12H,7-8H2,1H3,(H,19,20). The van der Waals surface area contributed by atoms with E-state index in [2.05, 4.69) is 5.32 Å². The Bertz CT molecular complexity index is 479. The summed E-state index contributed by atoms with van der Waals surface area (Å²) in [5.74, 6) is -1.67. The summed E-state index contributed by atoms with van der Waals surface area (Å²) in [5, 5.41) is 11.2. The van der Waals surface area contributed by atoms with Crippen molar-refractivity contribution in [3.63, 3.8) is 0 Å². The first-order valence-corrected chi connectivity index (χ1v) is 6.12. The first-order chi connectivity index (χ1) is 9.31. The van der Waals surface area contributed by atoms with Crippen LogP contribution < -0.4 is 5.32 Å². The second-order valence-electron chi connectivity index (χ2n) is 4.60. The highest BCUT2D eigenvalue weighted by Crippen LogP contribution is 2.21. The Morgan fingerprint density at radius 3 is 2.45 bits per heavy atom. The van der Waals surface area contributed by atoms with Crippen molar-refractivity contribution in [2.24, 2.45) is 5.92 Å². The monoisotopic (exact) mass is 284 g/mol. The van der Waals surface area contributed by atoms with Gasteiger partial charge in [0.1, 0.15) is 5.92 Å². The Morgan fingerprint density at radius 2 is 1.95 bits per heavy atom. The molecule has 2 unspecified atom stereocenters. The normalized spacial score (nSPS) is 14.2. The Balaban J connectivity index is 2.58. The molecule has 0 radical (unpaired) electrons. The lowest BCUT2D eigenvalue weighted by Gasteiger charge is -2.17. The molecular formula is C14H15F3N2O. The van der Waals surface area contributed by atoms with Crippen molar-refractivity contribution in [1.29, 1.82) is 5.26 Å². The van der Waals surface area contributed by atoms with E-state index in [1.165, 1.54) is 6.92 Å². The molecule has 0 aliphatic carbocycles. The fraction of sp³-hybridized carbons (Fsp3) is 0.429. The van der Waals surface area contributed by atoms with Crippen molar-refractivity contribution < 1.29 is 18.0 Å². The number of halogens is 3. The van der Waals surface area contributed by atoms with Gasteiger partial charge in [-0.3, -0.25) is 4.79 Å². The van der Waals surface area contributed by atoms with Gasteiger partial charge in [-0.1, -0.05) is 30.3 Å². The summed E-state index contributed by atoms with van der Waals surface area (Å²) in [6.45, 7) is 1.27. The molecule has 20 heavy (non-hydrogen) atoms. The van der Waals surface area contributed by atoms with Gasteiger partial charge >= 0.3 is 6.18 Å². The van der Waals surface area contributed by atoms with Gasteiger partial charge in [0, 0.05) is 6.04 Å². The Hall–Kier alpha value is -2.03. The van der Waals surface area contributed by atoms with E-state index in [9.17, 15) is 18.0 Å². The van der Waals surface area contributed by atoms with Crippen LogP contribution in [0.15, 0.2) is 30.3 Å². The number of carbonyl (C=O) groups excluding carboxylic acids is 1. The fourth-order valence-electron chi connectivity index (χ4n) is 1.79. The van der Waals surface area contributed by atoms with Crippen molar-refractivity contribution in [3.8, 4) is 6.07 Å². The van der Waals surface area contributed by atoms with Crippen molar-refractivity contribution in [2.45, 2.75) is 32.0 Å². The zero-order valence-corrected chi connectivity index (χ0v) is 10.9. The van der Waals surface area contributed by atoms with Gasteiger partial charge in [0.15, 0.2) is 0 Å². The van der Waals surface area contributed by atoms with E-state index in [-0.39, 0.29) is 6.42 Å². The van der Waals surface area contributed by atoms with Crippen molar-refractivity contribution in [2.75, 3.05) is 0 Å². The van der Waals surface area contributed by atoms with Gasteiger partial charge in [-0.2, -0.15) is 18.4 Å². The lowest BCUT2D eigenvalue weighted by atomic mass is 9.99. The average molecular weight is 284 g/mol. The smallest absolute Gasteiger partial charge is 0.352 e. The second kappa shape index (κ2) is 6.94. The van der Waals surface area contributed by atoms with Crippen LogP contribution in [0.25, 0.3) is 0 Å². The zero-order valence-electron chi connectivity index (χ0n) is 10.9. The first kappa shape index (κ1) is 16.0. The predicted octanol–water partition coefficient (Wildman–Crippen LogP) is 2.83. The number of hydrogen-bond donors (Lipinski definition) is 1. The molecule has 0 fully saturated rings. The molecule has 0 saturated heterocycles. The Morgan fingerprint density at radius 1 is 1.35 bits per heavy atom. The minimum atomic E-state index is -4.34. The van der Waals surface area contributed by atoms with Crippen LogP contribution in [0.4, 0.5) is 13.2 Å². The molecule has 0 heterocycles. The van der Waals surface area contributed by atoms with Gasteiger partial charge in [0.05, 0.1) is 12.5 Å². The minimum absolute atomic E-state index is 0.182. The summed E-state index contributed by atoms with van der Waals surface area (Å²) < 4.78 is 36.5. The quantitative estimate of drug-likeness (QED) is 0.904. The molecule has 1 amide bonds. The number of amides is 1. The molecule has 0 aliphatic rings. The van der Waals surface area contributed by atoms with Crippen LogP contribution in [0.2, 0.25) is 0 Å². The lowest BCUT2D eigenvalue weighted by Crippen LogP contribution is -2.39. The largest absolute Gasteiger partial charge is 0.391 e. The summed E-state index contributed by atoms with van der Waals surface area (Å²) in [4.78, 5) is 11.8. The molecule has 0 aliphatic heterocycles. The molecule has 0 bridgehead atoms. The molecule has 0 spiro atoms. The molecule has 1 aromatic rings. The number of nitriles is 1. The molecule has 1 N–H and O–H groups in total. The lowest BCUT2D eigenvalue weighted by molar-refractivity contribution is -0.141. The third-order valence-corrected chi connectivity index (χ3v) is 2.68. The maximum atomic E-state index is 12.2. The number of rotatable bonds is 5. The van der Waals surface area contributed by atoms with Gasteiger partial charge in [0.2, 0.25) is 5.91 Å². The number of benzene rings is 1. The molecule has 2 atom stereocenters. The van der Waals surface area contributed by atoms with Crippen molar-refractivity contribution >= 4 is 5.91 Å². The van der Waals surface area contributed by atoms with Gasteiger partial charge in [-0.05, 0) is 18.9 Å². The molecule has 1 rings (SSSR count). The van der Waals surface area contributed by atoms with Crippen molar-refractivity contribution in [1.82, 2.24) is 5.32 Å². The minimum Gasteiger partial charge on any atom is -0.352 e. The third kappa shape index (κ3) is 5.74. The molecular weight excluding hydrogens is 269 g/mol. The number of nitrogens with one attached hydrogen (secondary N) is 1. The number of carbonyl (C=O) groups is 1. The van der Waals surface area contributed by atoms with Gasteiger partial charge in [0.25, 0.3) is 0 Å². The van der Waals surface area contributed by atoms with E-state index in [4.69, 9.17) is 5.26 Å². The maximum absolute atomic E-state index is 12.2. The second-order valence-corrected chi connectivity index (χ2v) is 4.60. The zero-order chi connectivity index (χ0) is 15.2. The van der Waals surface area contributed by atoms with Crippen LogP contribution in [-0.4, -0.2) is 18.1 Å². The summed E-state index contributed by atoms with van der Waals surface area (Å²) in [7, 11) is 0. The molecule has 6 heteroatoms. The molecule has 0 aromatic heterocycles. The van der Waals surface area contributed by atoms with E-state index < -0.39 is 30.5 Å². The predicted molar refractivity (Wildman–Crippen MR) is 67.5 cm³/mol. The third-order valence-electron chi connectivity index (χ3n) is 2.68. The van der Waals surface area contributed by atoms with Crippen LogP contribution in [0, 0.1) is 17.2 Å². The van der Waals surface area contributed by atoms with E-state index >= 15 is 0 Å². The highest BCUT2D eigenvalue weighted by Gasteiger charge is 2.31. The van der Waals surface area contributed by atoms with Gasteiger partial charge in [-0.25, -0.2) is 0 Å². The van der Waals surface area contributed by atoms with Gasteiger partial charge < -0.3 is 5.32 Å². The molecule has 108 valence electrons. The summed E-state index contributed by atoms with van der Waals surface area (Å²) in [6.07, 6.45) is -5.27. The van der Waals surface area contributed by atoms with Crippen LogP contribution >= 0.6 is 0 Å². The van der Waals surface area contributed by atoms with E-state index in [0.717, 1.165) is 5.56 Å². The highest BCUT2D eigenvalue weighted by atomic mass is 19.4. The highest BCUT2D eigenvalue weighted by molar-refractivity contribution is 5.81. The summed E-state index contributed by atoms with van der Waals surface area (Å²) in [5.41, 5.74) is 0.790. The van der Waals surface area contributed by atoms with Crippen LogP contribution in [-0.2, 0) is 11.2 Å². The first-order valence-electron chi connectivity index (χ1n) is 6.12. The Labute approximate surface area is 115 Å². The fourth-order valence-corrected chi connectivity index (χ4v) is 1.79.